The zero-order valence-corrected chi connectivity index (χ0v) is 19.4. The number of methoxy groups -OCH3 is 1. The van der Waals surface area contributed by atoms with Gasteiger partial charge in [-0.05, 0) is 32.3 Å². The van der Waals surface area contributed by atoms with Crippen molar-refractivity contribution in [2.24, 2.45) is 0 Å². The van der Waals surface area contributed by atoms with Gasteiger partial charge in [0.1, 0.15) is 11.6 Å². The van der Waals surface area contributed by atoms with E-state index in [0.29, 0.717) is 35.6 Å². The second-order valence-corrected chi connectivity index (χ2v) is 9.11. The van der Waals surface area contributed by atoms with E-state index < -0.39 is 11.6 Å². The molecule has 0 bridgehead atoms. The molecule has 0 radical (unpaired) electrons. The van der Waals surface area contributed by atoms with Crippen LogP contribution in [-0.4, -0.2) is 51.5 Å². The summed E-state index contributed by atoms with van der Waals surface area (Å²) >= 11 is 0. The van der Waals surface area contributed by atoms with Gasteiger partial charge in [0.05, 0.1) is 11.6 Å². The van der Waals surface area contributed by atoms with Gasteiger partial charge in [0, 0.05) is 61.1 Å². The van der Waals surface area contributed by atoms with Crippen LogP contribution < -0.4 is 15.0 Å². The van der Waals surface area contributed by atoms with E-state index in [1.807, 2.05) is 11.0 Å². The topological polar surface area (TPSA) is 104 Å². The average molecular weight is 482 g/mol. The van der Waals surface area contributed by atoms with Gasteiger partial charge in [0.25, 0.3) is 0 Å². The number of H-pyrrole nitrogens is 2. The van der Waals surface area contributed by atoms with Crippen molar-refractivity contribution in [1.29, 1.82) is 0 Å². The van der Waals surface area contributed by atoms with Crippen LogP contribution >= 0.6 is 0 Å². The molecule has 0 amide bonds. The molecule has 4 heterocycles. The SMILES string of the molecule is COC1CCN(c2cc(Nc3cc(C4CC4)[nH]n3)nc(Oc3cc(F)c4[nH]c(C)cc4c3F)n2)C1. The molecule has 6 rings (SSSR count). The molecule has 1 atom stereocenters. The Morgan fingerprint density at radius 1 is 1.09 bits per heavy atom. The second-order valence-electron chi connectivity index (χ2n) is 9.11. The number of fused-ring (bicyclic) bond motifs is 1. The first kappa shape index (κ1) is 21.8. The summed E-state index contributed by atoms with van der Waals surface area (Å²) in [6.07, 6.45) is 3.25. The van der Waals surface area contributed by atoms with Crippen molar-refractivity contribution in [2.45, 2.75) is 38.2 Å². The second kappa shape index (κ2) is 8.49. The predicted molar refractivity (Wildman–Crippen MR) is 127 cm³/mol. The third-order valence-electron chi connectivity index (χ3n) is 6.47. The Labute approximate surface area is 199 Å². The molecule has 11 heteroatoms. The van der Waals surface area contributed by atoms with E-state index >= 15 is 4.39 Å². The van der Waals surface area contributed by atoms with Gasteiger partial charge in [0.2, 0.25) is 0 Å². The fourth-order valence-corrected chi connectivity index (χ4v) is 4.46. The Morgan fingerprint density at radius 2 is 1.94 bits per heavy atom. The first-order valence-corrected chi connectivity index (χ1v) is 11.6. The Hall–Kier alpha value is -3.73. The molecule has 2 fully saturated rings. The van der Waals surface area contributed by atoms with Crippen molar-refractivity contribution in [3.05, 3.63) is 47.3 Å². The number of rotatable bonds is 7. The van der Waals surface area contributed by atoms with Gasteiger partial charge in [-0.3, -0.25) is 5.10 Å². The lowest BCUT2D eigenvalue weighted by Gasteiger charge is -2.19. The minimum absolute atomic E-state index is 0.0870. The van der Waals surface area contributed by atoms with Crippen LogP contribution in [0.5, 0.6) is 11.8 Å². The molecule has 182 valence electrons. The van der Waals surface area contributed by atoms with Gasteiger partial charge in [-0.25, -0.2) is 8.78 Å². The molecule has 0 spiro atoms. The number of aromatic nitrogens is 5. The van der Waals surface area contributed by atoms with Crippen LogP contribution in [0, 0.1) is 18.6 Å². The summed E-state index contributed by atoms with van der Waals surface area (Å²) in [6.45, 7) is 3.12. The number of anilines is 3. The van der Waals surface area contributed by atoms with Gasteiger partial charge in [-0.1, -0.05) is 0 Å². The van der Waals surface area contributed by atoms with E-state index in [1.165, 1.54) is 6.07 Å². The summed E-state index contributed by atoms with van der Waals surface area (Å²) < 4.78 is 41.0. The van der Waals surface area contributed by atoms with Gasteiger partial charge in [-0.2, -0.15) is 15.1 Å². The highest BCUT2D eigenvalue weighted by Gasteiger charge is 2.27. The third kappa shape index (κ3) is 4.27. The molecule has 1 aliphatic carbocycles. The lowest BCUT2D eigenvalue weighted by atomic mass is 10.2. The summed E-state index contributed by atoms with van der Waals surface area (Å²) in [5.41, 5.74) is 1.82. The lowest BCUT2D eigenvalue weighted by Crippen LogP contribution is -2.23. The van der Waals surface area contributed by atoms with E-state index in [4.69, 9.17) is 9.47 Å². The van der Waals surface area contributed by atoms with Crippen LogP contribution in [0.1, 0.15) is 36.6 Å². The number of aromatic amines is 2. The quantitative estimate of drug-likeness (QED) is 0.345. The van der Waals surface area contributed by atoms with Gasteiger partial charge in [0.15, 0.2) is 23.2 Å². The smallest absolute Gasteiger partial charge is 0.326 e. The van der Waals surface area contributed by atoms with Crippen LogP contribution in [0.15, 0.2) is 24.3 Å². The predicted octanol–water partition coefficient (Wildman–Crippen LogP) is 4.91. The summed E-state index contributed by atoms with van der Waals surface area (Å²) in [7, 11) is 1.68. The van der Waals surface area contributed by atoms with Crippen LogP contribution in [-0.2, 0) is 4.74 Å². The molecule has 3 aromatic heterocycles. The number of hydrogen-bond donors (Lipinski definition) is 3. The highest BCUT2D eigenvalue weighted by molar-refractivity contribution is 5.83. The van der Waals surface area contributed by atoms with Crippen molar-refractivity contribution in [3.63, 3.8) is 0 Å². The van der Waals surface area contributed by atoms with E-state index in [9.17, 15) is 4.39 Å². The fraction of sp³-hybridized carbons (Fsp3) is 0.375. The van der Waals surface area contributed by atoms with Crippen molar-refractivity contribution >= 4 is 28.4 Å². The maximum absolute atomic E-state index is 15.2. The number of ether oxygens (including phenoxy) is 2. The summed E-state index contributed by atoms with van der Waals surface area (Å²) in [6, 6.07) is 6.17. The Bertz CT molecular complexity index is 1400. The third-order valence-corrected chi connectivity index (χ3v) is 6.47. The number of benzene rings is 1. The maximum Gasteiger partial charge on any atom is 0.326 e. The van der Waals surface area contributed by atoms with Crippen molar-refractivity contribution in [1.82, 2.24) is 25.1 Å². The number of aryl methyl sites for hydroxylation is 1. The van der Waals surface area contributed by atoms with Gasteiger partial charge >= 0.3 is 6.01 Å². The standard InChI is InChI=1S/C24H25F2N7O2/c1-12-7-15-22(26)18(8-16(25)23(15)27-12)35-24-29-19(28-20-9-17(31-32-20)13-3-4-13)10-21(30-24)33-6-5-14(11-33)34-2/h7-10,13-14,27H,3-6,11H2,1-2H3,(H2,28,29,30,31,32). The molecule has 1 saturated carbocycles. The Balaban J connectivity index is 1.34. The average Bonchev–Trinajstić information content (AvgIpc) is 3.21. The molecule has 9 nitrogen and oxygen atoms in total. The molecular weight excluding hydrogens is 456 g/mol. The first-order valence-electron chi connectivity index (χ1n) is 11.6. The van der Waals surface area contributed by atoms with Crippen molar-refractivity contribution in [3.8, 4) is 11.8 Å². The number of nitrogens with zero attached hydrogens (tertiary/aromatic N) is 4. The minimum atomic E-state index is -0.684. The zero-order valence-electron chi connectivity index (χ0n) is 19.4. The molecule has 35 heavy (non-hydrogen) atoms. The number of nitrogens with one attached hydrogen (secondary N) is 3. The molecule has 1 unspecified atom stereocenters. The van der Waals surface area contributed by atoms with Crippen LogP contribution in [0.2, 0.25) is 0 Å². The lowest BCUT2D eigenvalue weighted by molar-refractivity contribution is 0.121. The summed E-state index contributed by atoms with van der Waals surface area (Å²) in [5.74, 6) is 0.568. The molecule has 1 saturated heterocycles. The molecule has 1 aliphatic heterocycles. The first-order chi connectivity index (χ1) is 17.0. The van der Waals surface area contributed by atoms with Gasteiger partial charge < -0.3 is 24.7 Å². The molecule has 4 aromatic rings. The van der Waals surface area contributed by atoms with Crippen LogP contribution in [0.3, 0.4) is 0 Å². The Kier molecular flexibility index (Phi) is 5.28. The normalized spacial score (nSPS) is 17.9. The van der Waals surface area contributed by atoms with Crippen molar-refractivity contribution in [2.75, 3.05) is 30.4 Å². The summed E-state index contributed by atoms with van der Waals surface area (Å²) in [5, 5.41) is 10.7. The van der Waals surface area contributed by atoms with E-state index in [0.717, 1.165) is 37.6 Å². The Morgan fingerprint density at radius 3 is 2.71 bits per heavy atom. The molecule has 1 aromatic carbocycles. The largest absolute Gasteiger partial charge is 0.421 e. The minimum Gasteiger partial charge on any atom is -0.421 e. The highest BCUT2D eigenvalue weighted by Crippen LogP contribution is 2.40. The monoisotopic (exact) mass is 481 g/mol. The maximum atomic E-state index is 15.2. The van der Waals surface area contributed by atoms with E-state index in [-0.39, 0.29) is 28.8 Å². The van der Waals surface area contributed by atoms with Crippen LogP contribution in [0.4, 0.5) is 26.2 Å². The van der Waals surface area contributed by atoms with Crippen molar-refractivity contribution < 1.29 is 18.3 Å². The molecule has 3 N–H and O–H groups in total. The van der Waals surface area contributed by atoms with E-state index in [1.54, 1.807) is 20.1 Å². The molecule has 2 aliphatic rings. The van der Waals surface area contributed by atoms with Gasteiger partial charge in [-0.15, -0.1) is 0 Å². The zero-order chi connectivity index (χ0) is 24.1. The number of halogens is 2. The summed E-state index contributed by atoms with van der Waals surface area (Å²) in [4.78, 5) is 13.8. The highest BCUT2D eigenvalue weighted by atomic mass is 19.1. The fourth-order valence-electron chi connectivity index (χ4n) is 4.46. The molecular formula is C24H25F2N7O2. The van der Waals surface area contributed by atoms with E-state index in [2.05, 4.69) is 30.5 Å². The van der Waals surface area contributed by atoms with Crippen LogP contribution in [0.25, 0.3) is 10.9 Å². The number of hydrogen-bond acceptors (Lipinski definition) is 7.